The Morgan fingerprint density at radius 1 is 1.16 bits per heavy atom. The van der Waals surface area contributed by atoms with Gasteiger partial charge in [0.1, 0.15) is 5.75 Å². The maximum atomic E-state index is 12.1. The summed E-state index contributed by atoms with van der Waals surface area (Å²) in [4.78, 5) is 31.0. The van der Waals surface area contributed by atoms with Gasteiger partial charge in [0.2, 0.25) is 11.8 Å². The van der Waals surface area contributed by atoms with Crippen molar-refractivity contribution < 1.29 is 14.3 Å². The Bertz CT molecular complexity index is 1210. The lowest BCUT2D eigenvalue weighted by molar-refractivity contribution is -0.138. The maximum Gasteiger partial charge on any atom is 0.230 e. The number of halogens is 1. The highest BCUT2D eigenvalue weighted by Crippen LogP contribution is 2.43. The Morgan fingerprint density at radius 2 is 1.94 bits per heavy atom. The standard InChI is InChI=1S/C25H25ClN2O3S/c1-14-3-4-17(9-14)31-24-15(2)10-16(26)11-20(24)19-7-8-27-21-12-18(32-25(19)21)13-28-22(29)5-6-23(28)30/h7-8,10-12,14,17H,3-6,9,13H2,1-2H3/t14-,17-/m0/s1. The number of benzene rings is 1. The monoisotopic (exact) mass is 468 g/mol. The number of aryl methyl sites for hydroxylation is 1. The third-order valence-corrected chi connectivity index (χ3v) is 7.75. The summed E-state index contributed by atoms with van der Waals surface area (Å²) in [6.07, 6.45) is 5.92. The number of hydrogen-bond donors (Lipinski definition) is 0. The Morgan fingerprint density at radius 3 is 2.66 bits per heavy atom. The minimum absolute atomic E-state index is 0.104. The van der Waals surface area contributed by atoms with Gasteiger partial charge in [0.15, 0.2) is 0 Å². The summed E-state index contributed by atoms with van der Waals surface area (Å²) in [5.74, 6) is 1.35. The number of amides is 2. The molecule has 0 radical (unpaired) electrons. The second kappa shape index (κ2) is 8.49. The predicted molar refractivity (Wildman–Crippen MR) is 127 cm³/mol. The second-order valence-electron chi connectivity index (χ2n) is 8.92. The number of thiophene rings is 1. The van der Waals surface area contributed by atoms with Crippen molar-refractivity contribution >= 4 is 45.0 Å². The summed E-state index contributed by atoms with van der Waals surface area (Å²) in [6.45, 7) is 4.61. The minimum atomic E-state index is -0.104. The third-order valence-electron chi connectivity index (χ3n) is 6.39. The quantitative estimate of drug-likeness (QED) is 0.422. The van der Waals surface area contributed by atoms with Crippen molar-refractivity contribution in [3.05, 3.63) is 45.9 Å². The van der Waals surface area contributed by atoms with E-state index in [1.165, 1.54) is 11.3 Å². The number of carbonyl (C=O) groups excluding carboxylic acids is 2. The summed E-state index contributed by atoms with van der Waals surface area (Å²) in [5.41, 5.74) is 3.84. The molecule has 2 aromatic heterocycles. The molecule has 1 saturated heterocycles. The van der Waals surface area contributed by atoms with Crippen molar-refractivity contribution in [3.8, 4) is 16.9 Å². The lowest BCUT2D eigenvalue weighted by atomic mass is 10.0. The number of aromatic nitrogens is 1. The third kappa shape index (κ3) is 4.02. The van der Waals surface area contributed by atoms with E-state index in [0.29, 0.717) is 30.3 Å². The molecule has 7 heteroatoms. The molecule has 166 valence electrons. The van der Waals surface area contributed by atoms with E-state index in [4.69, 9.17) is 16.3 Å². The highest BCUT2D eigenvalue weighted by atomic mass is 35.5. The average Bonchev–Trinajstić information content (AvgIpc) is 3.44. The number of nitrogens with zero attached hydrogens (tertiary/aromatic N) is 2. The van der Waals surface area contributed by atoms with Crippen LogP contribution in [-0.4, -0.2) is 27.8 Å². The van der Waals surface area contributed by atoms with Crippen LogP contribution >= 0.6 is 22.9 Å². The van der Waals surface area contributed by atoms with Crippen LogP contribution in [0.5, 0.6) is 5.75 Å². The summed E-state index contributed by atoms with van der Waals surface area (Å²) in [5, 5.41) is 0.666. The fourth-order valence-electron chi connectivity index (χ4n) is 4.75. The topological polar surface area (TPSA) is 59.5 Å². The smallest absolute Gasteiger partial charge is 0.230 e. The molecule has 5 nitrogen and oxygen atoms in total. The zero-order chi connectivity index (χ0) is 22.4. The van der Waals surface area contributed by atoms with Crippen molar-refractivity contribution in [3.63, 3.8) is 0 Å². The van der Waals surface area contributed by atoms with Crippen LogP contribution in [0.1, 0.15) is 49.5 Å². The summed E-state index contributed by atoms with van der Waals surface area (Å²) < 4.78 is 7.54. The first kappa shape index (κ1) is 21.4. The van der Waals surface area contributed by atoms with Crippen molar-refractivity contribution in [2.24, 2.45) is 5.92 Å². The lowest BCUT2D eigenvalue weighted by Gasteiger charge is -2.20. The molecule has 0 N–H and O–H groups in total. The van der Waals surface area contributed by atoms with Gasteiger partial charge in [0, 0.05) is 40.1 Å². The van der Waals surface area contributed by atoms with E-state index in [-0.39, 0.29) is 17.9 Å². The van der Waals surface area contributed by atoms with Crippen LogP contribution in [-0.2, 0) is 16.1 Å². The molecule has 1 aliphatic carbocycles. The van der Waals surface area contributed by atoms with E-state index in [9.17, 15) is 9.59 Å². The van der Waals surface area contributed by atoms with E-state index < -0.39 is 0 Å². The molecule has 0 unspecified atom stereocenters. The van der Waals surface area contributed by atoms with Gasteiger partial charge < -0.3 is 4.74 Å². The Labute approximate surface area is 196 Å². The molecule has 2 amide bonds. The van der Waals surface area contributed by atoms with Gasteiger partial charge in [-0.15, -0.1) is 11.3 Å². The van der Waals surface area contributed by atoms with Crippen LogP contribution in [0.25, 0.3) is 21.3 Å². The van der Waals surface area contributed by atoms with Crippen molar-refractivity contribution in [2.75, 3.05) is 0 Å². The fraction of sp³-hybridized carbons (Fsp3) is 0.400. The zero-order valence-electron chi connectivity index (χ0n) is 18.2. The number of likely N-dealkylation sites (tertiary alicyclic amines) is 1. The molecule has 32 heavy (non-hydrogen) atoms. The van der Waals surface area contributed by atoms with Gasteiger partial charge in [0.05, 0.1) is 22.9 Å². The molecule has 1 aromatic carbocycles. The largest absolute Gasteiger partial charge is 0.489 e. The van der Waals surface area contributed by atoms with Gasteiger partial charge in [-0.2, -0.15) is 0 Å². The van der Waals surface area contributed by atoms with Gasteiger partial charge in [-0.05, 0) is 61.9 Å². The minimum Gasteiger partial charge on any atom is -0.489 e. The first-order chi connectivity index (χ1) is 15.4. The van der Waals surface area contributed by atoms with Crippen LogP contribution in [0.2, 0.25) is 5.02 Å². The van der Waals surface area contributed by atoms with Crippen LogP contribution in [0, 0.1) is 12.8 Å². The molecule has 2 fully saturated rings. The van der Waals surface area contributed by atoms with E-state index >= 15 is 0 Å². The van der Waals surface area contributed by atoms with Crippen LogP contribution < -0.4 is 4.74 Å². The molecule has 2 atom stereocenters. The Hall–Kier alpha value is -2.44. The molecule has 2 aliphatic rings. The average molecular weight is 469 g/mol. The SMILES string of the molecule is Cc1cc(Cl)cc(-c2ccnc3cc(CN4C(=O)CCC4=O)sc23)c1O[C@H]1CC[C@H](C)C1. The van der Waals surface area contributed by atoms with E-state index in [2.05, 4.69) is 11.9 Å². The van der Waals surface area contributed by atoms with Gasteiger partial charge in [-0.25, -0.2) is 0 Å². The van der Waals surface area contributed by atoms with Crippen LogP contribution in [0.4, 0.5) is 0 Å². The summed E-state index contributed by atoms with van der Waals surface area (Å²) in [6, 6.07) is 7.87. The predicted octanol–water partition coefficient (Wildman–Crippen LogP) is 6.14. The highest BCUT2D eigenvalue weighted by Gasteiger charge is 2.30. The maximum absolute atomic E-state index is 12.1. The van der Waals surface area contributed by atoms with Gasteiger partial charge in [-0.3, -0.25) is 19.5 Å². The van der Waals surface area contributed by atoms with Gasteiger partial charge >= 0.3 is 0 Å². The van der Waals surface area contributed by atoms with Crippen LogP contribution in [0.3, 0.4) is 0 Å². The van der Waals surface area contributed by atoms with Gasteiger partial charge in [-0.1, -0.05) is 18.5 Å². The van der Waals surface area contributed by atoms with E-state index in [0.717, 1.165) is 50.4 Å². The molecular formula is C25H25ClN2O3S. The van der Waals surface area contributed by atoms with Crippen molar-refractivity contribution in [1.82, 2.24) is 9.88 Å². The first-order valence-electron chi connectivity index (χ1n) is 11.1. The molecule has 3 heterocycles. The molecule has 0 bridgehead atoms. The lowest BCUT2D eigenvalue weighted by Crippen LogP contribution is -2.27. The molecular weight excluding hydrogens is 444 g/mol. The number of imide groups is 1. The van der Waals surface area contributed by atoms with Gasteiger partial charge in [0.25, 0.3) is 0 Å². The highest BCUT2D eigenvalue weighted by molar-refractivity contribution is 7.19. The molecule has 0 spiro atoms. The number of carbonyl (C=O) groups is 2. The normalized spacial score (nSPS) is 21.2. The Kier molecular flexibility index (Phi) is 5.68. The van der Waals surface area contributed by atoms with Crippen LogP contribution in [0.15, 0.2) is 30.5 Å². The molecule has 5 rings (SSSR count). The summed E-state index contributed by atoms with van der Waals surface area (Å²) in [7, 11) is 0. The second-order valence-corrected chi connectivity index (χ2v) is 10.5. The number of pyridine rings is 1. The van der Waals surface area contributed by atoms with Crippen molar-refractivity contribution in [2.45, 2.75) is 58.6 Å². The molecule has 1 aliphatic heterocycles. The zero-order valence-corrected chi connectivity index (χ0v) is 19.8. The Balaban J connectivity index is 1.55. The first-order valence-corrected chi connectivity index (χ1v) is 12.3. The number of fused-ring (bicyclic) bond motifs is 1. The van der Waals surface area contributed by atoms with E-state index in [1.54, 1.807) is 17.5 Å². The summed E-state index contributed by atoms with van der Waals surface area (Å²) >= 11 is 8.03. The van der Waals surface area contributed by atoms with E-state index in [1.807, 2.05) is 31.2 Å². The van der Waals surface area contributed by atoms with Crippen molar-refractivity contribution in [1.29, 1.82) is 0 Å². The molecule has 3 aromatic rings. The number of hydrogen-bond acceptors (Lipinski definition) is 5. The number of ether oxygens (including phenoxy) is 1. The number of rotatable bonds is 5. The fourth-order valence-corrected chi connectivity index (χ4v) is 6.15. The molecule has 1 saturated carbocycles.